The molecule has 1 aromatic heterocycles. The van der Waals surface area contributed by atoms with Crippen molar-refractivity contribution in [3.8, 4) is 5.69 Å². The van der Waals surface area contributed by atoms with Crippen LogP contribution in [0.4, 0.5) is 0 Å². The molecule has 2 unspecified atom stereocenters. The van der Waals surface area contributed by atoms with Gasteiger partial charge in [0.05, 0.1) is 17.6 Å². The quantitative estimate of drug-likeness (QED) is 0.854. The molecule has 4 nitrogen and oxygen atoms in total. The van der Waals surface area contributed by atoms with Crippen LogP contribution in [0.1, 0.15) is 44.7 Å². The van der Waals surface area contributed by atoms with Crippen molar-refractivity contribution < 1.29 is 5.11 Å². The summed E-state index contributed by atoms with van der Waals surface area (Å²) in [6.45, 7) is 2.26. The Morgan fingerprint density at radius 1 is 1.20 bits per heavy atom. The van der Waals surface area contributed by atoms with Crippen LogP contribution >= 0.6 is 0 Å². The number of nitrogens with zero attached hydrogens (tertiary/aromatic N) is 3. The first-order valence-electron chi connectivity index (χ1n) is 7.38. The van der Waals surface area contributed by atoms with Gasteiger partial charge < -0.3 is 5.11 Å². The van der Waals surface area contributed by atoms with Crippen molar-refractivity contribution in [2.75, 3.05) is 0 Å². The zero-order valence-electron chi connectivity index (χ0n) is 11.9. The number of para-hydroxylation sites is 1. The third kappa shape index (κ3) is 2.48. The lowest BCUT2D eigenvalue weighted by Crippen LogP contribution is -2.28. The maximum atomic E-state index is 11.1. The minimum Gasteiger partial charge on any atom is -0.383 e. The number of benzene rings is 1. The lowest BCUT2D eigenvalue weighted by molar-refractivity contribution is 0.0132. The van der Waals surface area contributed by atoms with E-state index in [0.717, 1.165) is 37.1 Å². The highest BCUT2D eigenvalue weighted by Gasteiger charge is 2.35. The van der Waals surface area contributed by atoms with Crippen molar-refractivity contribution >= 4 is 0 Å². The summed E-state index contributed by atoms with van der Waals surface area (Å²) < 4.78 is 1.77. The Morgan fingerprint density at radius 3 is 2.80 bits per heavy atom. The minimum absolute atomic E-state index is 0.685. The van der Waals surface area contributed by atoms with Gasteiger partial charge in [0.25, 0.3) is 0 Å². The van der Waals surface area contributed by atoms with Gasteiger partial charge in [0.2, 0.25) is 0 Å². The topological polar surface area (TPSA) is 50.9 Å². The first-order chi connectivity index (χ1) is 9.69. The highest BCUT2D eigenvalue weighted by Crippen LogP contribution is 2.37. The van der Waals surface area contributed by atoms with E-state index in [4.69, 9.17) is 0 Å². The summed E-state index contributed by atoms with van der Waals surface area (Å²) in [5.41, 5.74) is 0.966. The van der Waals surface area contributed by atoms with E-state index in [0.29, 0.717) is 5.92 Å². The van der Waals surface area contributed by atoms with E-state index in [-0.39, 0.29) is 0 Å². The fourth-order valence-electron chi connectivity index (χ4n) is 3.07. The van der Waals surface area contributed by atoms with E-state index in [2.05, 4.69) is 17.2 Å². The van der Waals surface area contributed by atoms with E-state index in [1.165, 1.54) is 6.42 Å². The second-order valence-corrected chi connectivity index (χ2v) is 5.93. The van der Waals surface area contributed by atoms with Gasteiger partial charge in [-0.15, -0.1) is 5.10 Å². The van der Waals surface area contributed by atoms with Crippen LogP contribution in [-0.2, 0) is 5.60 Å². The van der Waals surface area contributed by atoms with Crippen LogP contribution in [0.25, 0.3) is 5.69 Å². The van der Waals surface area contributed by atoms with E-state index in [1.807, 2.05) is 30.3 Å². The predicted octanol–water partition coefficient (Wildman–Crippen LogP) is 3.06. The average molecular weight is 271 g/mol. The van der Waals surface area contributed by atoms with E-state index in [1.54, 1.807) is 10.9 Å². The van der Waals surface area contributed by atoms with Crippen molar-refractivity contribution in [3.63, 3.8) is 0 Å². The van der Waals surface area contributed by atoms with Crippen LogP contribution in [-0.4, -0.2) is 20.1 Å². The Kier molecular flexibility index (Phi) is 3.57. The minimum atomic E-state index is -0.801. The zero-order valence-corrected chi connectivity index (χ0v) is 11.9. The van der Waals surface area contributed by atoms with Crippen molar-refractivity contribution in [2.24, 2.45) is 5.92 Å². The Labute approximate surface area is 119 Å². The predicted molar refractivity (Wildman–Crippen MR) is 77.5 cm³/mol. The molecule has 4 heteroatoms. The first kappa shape index (κ1) is 13.3. The average Bonchev–Trinajstić information content (AvgIpc) is 2.90. The summed E-state index contributed by atoms with van der Waals surface area (Å²) in [7, 11) is 0. The highest BCUT2D eigenvalue weighted by molar-refractivity contribution is 5.33. The summed E-state index contributed by atoms with van der Waals surface area (Å²) in [5, 5.41) is 19.3. The van der Waals surface area contributed by atoms with Crippen LogP contribution in [0.5, 0.6) is 0 Å². The Bertz CT molecular complexity index is 566. The second kappa shape index (κ2) is 5.37. The monoisotopic (exact) mass is 271 g/mol. The van der Waals surface area contributed by atoms with E-state index < -0.39 is 5.60 Å². The van der Waals surface area contributed by atoms with Crippen molar-refractivity contribution in [2.45, 2.75) is 44.6 Å². The SMILES string of the molecule is CC1CCCC(O)(c2cnnn2-c2ccccc2)CC1. The van der Waals surface area contributed by atoms with Gasteiger partial charge in [0.15, 0.2) is 0 Å². The van der Waals surface area contributed by atoms with Crippen LogP contribution in [0.2, 0.25) is 0 Å². The summed E-state index contributed by atoms with van der Waals surface area (Å²) in [5.74, 6) is 0.685. The van der Waals surface area contributed by atoms with Crippen molar-refractivity contribution in [1.82, 2.24) is 15.0 Å². The number of hydrogen-bond acceptors (Lipinski definition) is 3. The van der Waals surface area contributed by atoms with E-state index >= 15 is 0 Å². The van der Waals surface area contributed by atoms with Crippen molar-refractivity contribution in [1.29, 1.82) is 0 Å². The van der Waals surface area contributed by atoms with Crippen LogP contribution < -0.4 is 0 Å². The molecule has 0 bridgehead atoms. The molecule has 1 saturated carbocycles. The van der Waals surface area contributed by atoms with Gasteiger partial charge in [0, 0.05) is 0 Å². The van der Waals surface area contributed by atoms with E-state index in [9.17, 15) is 5.11 Å². The Balaban J connectivity index is 1.96. The molecule has 0 saturated heterocycles. The van der Waals surface area contributed by atoms with Gasteiger partial charge in [-0.25, -0.2) is 4.68 Å². The lowest BCUT2D eigenvalue weighted by Gasteiger charge is -2.26. The second-order valence-electron chi connectivity index (χ2n) is 5.93. The number of aliphatic hydroxyl groups is 1. The molecule has 1 aliphatic carbocycles. The van der Waals surface area contributed by atoms with Gasteiger partial charge in [-0.2, -0.15) is 0 Å². The molecular weight excluding hydrogens is 250 g/mol. The maximum absolute atomic E-state index is 11.1. The summed E-state index contributed by atoms with van der Waals surface area (Å²) >= 11 is 0. The molecule has 1 fully saturated rings. The maximum Gasteiger partial charge on any atom is 0.108 e. The summed E-state index contributed by atoms with van der Waals surface area (Å²) in [4.78, 5) is 0. The molecule has 1 aliphatic rings. The molecule has 3 rings (SSSR count). The molecule has 0 aliphatic heterocycles. The van der Waals surface area contributed by atoms with Gasteiger partial charge in [-0.05, 0) is 43.7 Å². The largest absolute Gasteiger partial charge is 0.383 e. The zero-order chi connectivity index (χ0) is 14.0. The fourth-order valence-corrected chi connectivity index (χ4v) is 3.07. The highest BCUT2D eigenvalue weighted by atomic mass is 16.3. The first-order valence-corrected chi connectivity index (χ1v) is 7.38. The summed E-state index contributed by atoms with van der Waals surface area (Å²) in [6, 6.07) is 9.89. The Morgan fingerprint density at radius 2 is 2.00 bits per heavy atom. The van der Waals surface area contributed by atoms with Gasteiger partial charge >= 0.3 is 0 Å². The third-order valence-electron chi connectivity index (χ3n) is 4.36. The Hall–Kier alpha value is -1.68. The standard InChI is InChI=1S/C16H21N3O/c1-13-6-5-10-16(20,11-9-13)15-12-17-18-19(15)14-7-3-2-4-8-14/h2-4,7-8,12-13,20H,5-6,9-11H2,1H3. The molecule has 1 N–H and O–H groups in total. The third-order valence-corrected chi connectivity index (χ3v) is 4.36. The molecule has 1 aromatic carbocycles. The summed E-state index contributed by atoms with van der Waals surface area (Å²) in [6.07, 6.45) is 6.58. The van der Waals surface area contributed by atoms with Crippen LogP contribution in [0, 0.1) is 5.92 Å². The molecule has 2 atom stereocenters. The lowest BCUT2D eigenvalue weighted by atomic mass is 9.90. The van der Waals surface area contributed by atoms with Gasteiger partial charge in [-0.3, -0.25) is 0 Å². The van der Waals surface area contributed by atoms with Gasteiger partial charge in [0.1, 0.15) is 5.60 Å². The van der Waals surface area contributed by atoms with Crippen molar-refractivity contribution in [3.05, 3.63) is 42.2 Å². The molecular formula is C16H21N3O. The molecule has 2 aromatic rings. The molecule has 0 radical (unpaired) electrons. The number of hydrogen-bond donors (Lipinski definition) is 1. The molecule has 106 valence electrons. The molecule has 1 heterocycles. The fraction of sp³-hybridized carbons (Fsp3) is 0.500. The molecule has 0 spiro atoms. The normalized spacial score (nSPS) is 27.2. The van der Waals surface area contributed by atoms with Gasteiger partial charge in [-0.1, -0.05) is 36.8 Å². The molecule has 20 heavy (non-hydrogen) atoms. The molecule has 0 amide bonds. The van der Waals surface area contributed by atoms with Crippen LogP contribution in [0.3, 0.4) is 0 Å². The van der Waals surface area contributed by atoms with Crippen LogP contribution in [0.15, 0.2) is 36.5 Å². The number of aromatic nitrogens is 3. The smallest absolute Gasteiger partial charge is 0.108 e. The number of rotatable bonds is 2.